The molecular formula is C26H22N4O5. The number of methoxy groups -OCH3 is 1. The fourth-order valence-corrected chi connectivity index (χ4v) is 3.73. The van der Waals surface area contributed by atoms with Crippen molar-refractivity contribution in [2.75, 3.05) is 20.3 Å². The maximum atomic E-state index is 13.2. The first-order valence-corrected chi connectivity index (χ1v) is 10.9. The molecule has 0 aliphatic carbocycles. The zero-order valence-corrected chi connectivity index (χ0v) is 18.9. The molecule has 2 heterocycles. The van der Waals surface area contributed by atoms with Gasteiger partial charge >= 0.3 is 0 Å². The van der Waals surface area contributed by atoms with Gasteiger partial charge in [0.05, 0.1) is 18.4 Å². The summed E-state index contributed by atoms with van der Waals surface area (Å²) in [6, 6.07) is 21.5. The summed E-state index contributed by atoms with van der Waals surface area (Å²) in [6.07, 6.45) is 1.61. The lowest BCUT2D eigenvalue weighted by Crippen LogP contribution is -2.41. The van der Waals surface area contributed by atoms with Gasteiger partial charge < -0.3 is 14.2 Å². The van der Waals surface area contributed by atoms with Gasteiger partial charge in [-0.1, -0.05) is 30.3 Å². The maximum absolute atomic E-state index is 13.2. The summed E-state index contributed by atoms with van der Waals surface area (Å²) in [5.74, 6) is 0.605. The number of nitrogens with one attached hydrogen (secondary N) is 2. The number of benzene rings is 3. The van der Waals surface area contributed by atoms with Crippen molar-refractivity contribution in [2.45, 2.75) is 0 Å². The Labute approximate surface area is 201 Å². The van der Waals surface area contributed by atoms with Crippen LogP contribution in [0.15, 0.2) is 79.0 Å². The lowest BCUT2D eigenvalue weighted by molar-refractivity contribution is 0.0846. The van der Waals surface area contributed by atoms with Crippen molar-refractivity contribution in [3.8, 4) is 34.2 Å². The van der Waals surface area contributed by atoms with Crippen LogP contribution in [0.1, 0.15) is 20.7 Å². The third-order valence-corrected chi connectivity index (χ3v) is 5.44. The first-order valence-electron chi connectivity index (χ1n) is 10.9. The number of fused-ring (bicyclic) bond motifs is 1. The molecule has 1 aliphatic heterocycles. The highest BCUT2D eigenvalue weighted by atomic mass is 16.6. The normalized spacial score (nSPS) is 12.0. The maximum Gasteiger partial charge on any atom is 0.273 e. The molecule has 0 unspecified atom stereocenters. The molecule has 0 bridgehead atoms. The number of aromatic nitrogens is 2. The fraction of sp³-hybridized carbons (Fsp3) is 0.115. The van der Waals surface area contributed by atoms with Gasteiger partial charge in [-0.2, -0.15) is 5.10 Å². The van der Waals surface area contributed by atoms with Crippen molar-refractivity contribution in [3.05, 3.63) is 90.1 Å². The van der Waals surface area contributed by atoms with E-state index in [2.05, 4.69) is 16.0 Å². The lowest BCUT2D eigenvalue weighted by Gasteiger charge is -2.18. The van der Waals surface area contributed by atoms with Gasteiger partial charge in [0.2, 0.25) is 0 Å². The standard InChI is InChI=1S/C26H22N4O5/c1-33-21-10-6-5-9-19(21)24-20(16-30(29-24)18-7-3-2-4-8-18)26(32)28-27-25(31)17-11-12-22-23(15-17)35-14-13-34-22/h2-12,15-16H,13-14H2,1H3,(H,27,31)(H,28,32). The van der Waals surface area contributed by atoms with E-state index in [0.717, 1.165) is 5.69 Å². The monoisotopic (exact) mass is 470 g/mol. The smallest absolute Gasteiger partial charge is 0.273 e. The van der Waals surface area contributed by atoms with E-state index < -0.39 is 11.8 Å². The van der Waals surface area contributed by atoms with Gasteiger partial charge in [0.15, 0.2) is 11.5 Å². The lowest BCUT2D eigenvalue weighted by atomic mass is 10.1. The molecule has 0 saturated carbocycles. The van der Waals surface area contributed by atoms with Crippen LogP contribution in [0.25, 0.3) is 16.9 Å². The summed E-state index contributed by atoms with van der Waals surface area (Å²) in [5.41, 5.74) is 7.37. The Kier molecular flexibility index (Phi) is 6.04. The minimum absolute atomic E-state index is 0.265. The van der Waals surface area contributed by atoms with E-state index in [-0.39, 0.29) is 5.56 Å². The number of hydrogen-bond acceptors (Lipinski definition) is 6. The summed E-state index contributed by atoms with van der Waals surface area (Å²) < 4.78 is 18.1. The topological polar surface area (TPSA) is 104 Å². The Bertz CT molecular complexity index is 1380. The van der Waals surface area contributed by atoms with Crippen LogP contribution in [-0.4, -0.2) is 41.9 Å². The van der Waals surface area contributed by atoms with Gasteiger partial charge in [-0.15, -0.1) is 0 Å². The minimum Gasteiger partial charge on any atom is -0.496 e. The SMILES string of the molecule is COc1ccccc1-c1nn(-c2ccccc2)cc1C(=O)NNC(=O)c1ccc2c(c1)OCCO2. The van der Waals surface area contributed by atoms with Crippen LogP contribution in [0.4, 0.5) is 0 Å². The predicted octanol–water partition coefficient (Wildman–Crippen LogP) is 3.39. The molecule has 0 radical (unpaired) electrons. The summed E-state index contributed by atoms with van der Waals surface area (Å²) in [5, 5.41) is 4.65. The molecule has 2 amide bonds. The number of amides is 2. The molecule has 0 spiro atoms. The van der Waals surface area contributed by atoms with Crippen LogP contribution < -0.4 is 25.1 Å². The van der Waals surface area contributed by atoms with E-state index in [1.165, 1.54) is 0 Å². The predicted molar refractivity (Wildman–Crippen MR) is 128 cm³/mol. The number of carbonyl (C=O) groups is 2. The molecule has 176 valence electrons. The third kappa shape index (κ3) is 4.51. The molecule has 9 nitrogen and oxygen atoms in total. The molecule has 1 aromatic heterocycles. The van der Waals surface area contributed by atoms with Crippen LogP contribution in [0.2, 0.25) is 0 Å². The van der Waals surface area contributed by atoms with Gasteiger partial charge in [0, 0.05) is 17.3 Å². The van der Waals surface area contributed by atoms with Gasteiger partial charge in [0.25, 0.3) is 11.8 Å². The van der Waals surface area contributed by atoms with Gasteiger partial charge in [-0.05, 0) is 42.5 Å². The van der Waals surface area contributed by atoms with E-state index in [0.29, 0.717) is 47.3 Å². The van der Waals surface area contributed by atoms with Crippen molar-refractivity contribution >= 4 is 11.8 Å². The first kappa shape index (κ1) is 22.0. The molecule has 2 N–H and O–H groups in total. The second-order valence-corrected chi connectivity index (χ2v) is 7.64. The van der Waals surface area contributed by atoms with E-state index in [1.54, 1.807) is 42.3 Å². The molecule has 0 fully saturated rings. The Morgan fingerprint density at radius 2 is 1.60 bits per heavy atom. The summed E-state index contributed by atoms with van der Waals surface area (Å²) in [6.45, 7) is 0.867. The van der Waals surface area contributed by atoms with E-state index >= 15 is 0 Å². The van der Waals surface area contributed by atoms with Crippen LogP contribution in [-0.2, 0) is 0 Å². The second-order valence-electron chi connectivity index (χ2n) is 7.64. The number of rotatable bonds is 5. The fourth-order valence-electron chi connectivity index (χ4n) is 3.73. The van der Waals surface area contributed by atoms with Crippen LogP contribution in [0.5, 0.6) is 17.2 Å². The Hall–Kier alpha value is -4.79. The number of hydrazine groups is 1. The number of ether oxygens (including phenoxy) is 3. The molecule has 5 rings (SSSR count). The number of hydrogen-bond donors (Lipinski definition) is 2. The van der Waals surface area contributed by atoms with Gasteiger partial charge in [-0.3, -0.25) is 20.4 Å². The summed E-state index contributed by atoms with van der Waals surface area (Å²) in [7, 11) is 1.56. The highest BCUT2D eigenvalue weighted by Crippen LogP contribution is 2.32. The molecular weight excluding hydrogens is 448 g/mol. The van der Waals surface area contributed by atoms with Crippen molar-refractivity contribution in [1.82, 2.24) is 20.6 Å². The summed E-state index contributed by atoms with van der Waals surface area (Å²) >= 11 is 0. The van der Waals surface area contributed by atoms with E-state index in [4.69, 9.17) is 14.2 Å². The molecule has 1 aliphatic rings. The zero-order valence-electron chi connectivity index (χ0n) is 18.9. The van der Waals surface area contributed by atoms with Crippen LogP contribution in [0, 0.1) is 0 Å². The quantitative estimate of drug-likeness (QED) is 0.434. The van der Waals surface area contributed by atoms with Crippen molar-refractivity contribution < 1.29 is 23.8 Å². The molecule has 0 saturated heterocycles. The van der Waals surface area contributed by atoms with Gasteiger partial charge in [0.1, 0.15) is 24.7 Å². The van der Waals surface area contributed by atoms with Crippen LogP contribution in [0.3, 0.4) is 0 Å². The number of carbonyl (C=O) groups excluding carboxylic acids is 2. The summed E-state index contributed by atoms with van der Waals surface area (Å²) in [4.78, 5) is 25.9. The van der Waals surface area contributed by atoms with Gasteiger partial charge in [-0.25, -0.2) is 4.68 Å². The molecule has 9 heteroatoms. The highest BCUT2D eigenvalue weighted by Gasteiger charge is 2.22. The molecule has 4 aromatic rings. The zero-order chi connectivity index (χ0) is 24.2. The van der Waals surface area contributed by atoms with Crippen LogP contribution >= 0.6 is 0 Å². The van der Waals surface area contributed by atoms with Crippen molar-refractivity contribution in [3.63, 3.8) is 0 Å². The first-order chi connectivity index (χ1) is 17.1. The molecule has 3 aromatic carbocycles. The average molecular weight is 470 g/mol. The highest BCUT2D eigenvalue weighted by molar-refractivity contribution is 6.03. The number of nitrogens with zero attached hydrogens (tertiary/aromatic N) is 2. The molecule has 0 atom stereocenters. The van der Waals surface area contributed by atoms with E-state index in [1.807, 2.05) is 48.5 Å². The largest absolute Gasteiger partial charge is 0.496 e. The average Bonchev–Trinajstić information content (AvgIpc) is 3.37. The van der Waals surface area contributed by atoms with E-state index in [9.17, 15) is 9.59 Å². The Morgan fingerprint density at radius 3 is 2.40 bits per heavy atom. The second kappa shape index (κ2) is 9.60. The molecule has 35 heavy (non-hydrogen) atoms. The van der Waals surface area contributed by atoms with Crippen molar-refractivity contribution in [2.24, 2.45) is 0 Å². The van der Waals surface area contributed by atoms with Crippen molar-refractivity contribution in [1.29, 1.82) is 0 Å². The Morgan fingerprint density at radius 1 is 0.886 bits per heavy atom. The third-order valence-electron chi connectivity index (χ3n) is 5.44. The Balaban J connectivity index is 1.41. The number of para-hydroxylation sites is 2. The minimum atomic E-state index is -0.529.